The fourth-order valence-electron chi connectivity index (χ4n) is 4.15. The first-order chi connectivity index (χ1) is 12.7. The lowest BCUT2D eigenvalue weighted by Gasteiger charge is -2.37. The van der Waals surface area contributed by atoms with E-state index in [1.807, 2.05) is 6.07 Å². The second-order valence-electron chi connectivity index (χ2n) is 7.64. The summed E-state index contributed by atoms with van der Waals surface area (Å²) in [6.07, 6.45) is 5.28. The first kappa shape index (κ1) is 19.5. The number of nitrogens with zero attached hydrogens (tertiary/aromatic N) is 1. The third-order valence-corrected chi connectivity index (χ3v) is 5.89. The van der Waals surface area contributed by atoms with Crippen LogP contribution in [0.25, 0.3) is 0 Å². The van der Waals surface area contributed by atoms with Crippen molar-refractivity contribution in [3.8, 4) is 11.5 Å². The van der Waals surface area contributed by atoms with E-state index >= 15 is 0 Å². The molecular formula is C21H34N2O3. The zero-order valence-electron chi connectivity index (χ0n) is 16.5. The summed E-state index contributed by atoms with van der Waals surface area (Å²) in [6, 6.07) is 7.30. The molecular weight excluding hydrogens is 328 g/mol. The molecule has 0 spiro atoms. The van der Waals surface area contributed by atoms with Crippen LogP contribution >= 0.6 is 0 Å². The zero-order valence-corrected chi connectivity index (χ0v) is 16.5. The smallest absolute Gasteiger partial charge is 0.161 e. The molecule has 0 bridgehead atoms. The fraction of sp³-hybridized carbons (Fsp3) is 0.714. The van der Waals surface area contributed by atoms with Crippen LogP contribution in [0.4, 0.5) is 0 Å². The van der Waals surface area contributed by atoms with E-state index in [2.05, 4.69) is 29.3 Å². The van der Waals surface area contributed by atoms with E-state index < -0.39 is 0 Å². The lowest BCUT2D eigenvalue weighted by atomic mass is 9.87. The van der Waals surface area contributed by atoms with Gasteiger partial charge in [-0.2, -0.15) is 0 Å². The molecule has 0 radical (unpaired) electrons. The van der Waals surface area contributed by atoms with Crippen LogP contribution in [0, 0.1) is 5.92 Å². The molecule has 2 aliphatic rings. The molecule has 26 heavy (non-hydrogen) atoms. The standard InChI is InChI=1S/C21H34N2O3/c1-16-4-7-18(8-5-16)22-15-19(23-10-12-26-13-11-23)17-6-9-20(24-2)21(14-17)25-3/h6,9,14,16,18-19,22H,4-5,7-8,10-13,15H2,1-3H3. The Morgan fingerprint density at radius 2 is 1.77 bits per heavy atom. The van der Waals surface area contributed by atoms with Gasteiger partial charge in [-0.1, -0.05) is 13.0 Å². The molecule has 1 saturated carbocycles. The minimum absolute atomic E-state index is 0.332. The molecule has 1 aliphatic heterocycles. The van der Waals surface area contributed by atoms with Crippen LogP contribution in [0.15, 0.2) is 18.2 Å². The van der Waals surface area contributed by atoms with Gasteiger partial charge in [0.15, 0.2) is 11.5 Å². The van der Waals surface area contributed by atoms with Gasteiger partial charge in [0.2, 0.25) is 0 Å². The van der Waals surface area contributed by atoms with Gasteiger partial charge in [-0.3, -0.25) is 4.90 Å². The predicted octanol–water partition coefficient (Wildman–Crippen LogP) is 3.25. The molecule has 1 unspecified atom stereocenters. The lowest BCUT2D eigenvalue weighted by molar-refractivity contribution is 0.0152. The average Bonchev–Trinajstić information content (AvgIpc) is 2.70. The number of rotatable bonds is 7. The lowest BCUT2D eigenvalue weighted by Crippen LogP contribution is -2.45. The summed E-state index contributed by atoms with van der Waals surface area (Å²) in [5.74, 6) is 2.47. The number of hydrogen-bond acceptors (Lipinski definition) is 5. The van der Waals surface area contributed by atoms with Crippen LogP contribution in [0.3, 0.4) is 0 Å². The summed E-state index contributed by atoms with van der Waals surface area (Å²) in [4.78, 5) is 2.53. The molecule has 1 N–H and O–H groups in total. The molecule has 5 nitrogen and oxygen atoms in total. The highest BCUT2D eigenvalue weighted by molar-refractivity contribution is 5.44. The number of morpholine rings is 1. The van der Waals surface area contributed by atoms with Crippen molar-refractivity contribution in [2.24, 2.45) is 5.92 Å². The van der Waals surface area contributed by atoms with Gasteiger partial charge in [-0.05, 0) is 49.3 Å². The maximum Gasteiger partial charge on any atom is 0.161 e. The highest BCUT2D eigenvalue weighted by atomic mass is 16.5. The fourth-order valence-corrected chi connectivity index (χ4v) is 4.15. The van der Waals surface area contributed by atoms with Gasteiger partial charge in [0.25, 0.3) is 0 Å². The van der Waals surface area contributed by atoms with Crippen LogP contribution in [0.1, 0.15) is 44.2 Å². The summed E-state index contributed by atoms with van der Waals surface area (Å²) < 4.78 is 16.5. The second-order valence-corrected chi connectivity index (χ2v) is 7.64. The topological polar surface area (TPSA) is 43.0 Å². The van der Waals surface area contributed by atoms with E-state index in [4.69, 9.17) is 14.2 Å². The Kier molecular flexibility index (Phi) is 7.17. The molecule has 1 heterocycles. The summed E-state index contributed by atoms with van der Waals surface area (Å²) in [5, 5.41) is 3.85. The van der Waals surface area contributed by atoms with Crippen LogP contribution in [-0.2, 0) is 4.74 Å². The molecule has 1 saturated heterocycles. The molecule has 1 aromatic rings. The maximum atomic E-state index is 5.57. The van der Waals surface area contributed by atoms with Gasteiger partial charge in [0.05, 0.1) is 27.4 Å². The quantitative estimate of drug-likeness (QED) is 0.807. The zero-order chi connectivity index (χ0) is 18.4. The van der Waals surface area contributed by atoms with Gasteiger partial charge in [0, 0.05) is 31.7 Å². The number of methoxy groups -OCH3 is 2. The number of nitrogens with one attached hydrogen (secondary N) is 1. The monoisotopic (exact) mass is 362 g/mol. The maximum absolute atomic E-state index is 5.57. The Balaban J connectivity index is 1.72. The number of hydrogen-bond donors (Lipinski definition) is 1. The van der Waals surface area contributed by atoms with Crippen molar-refractivity contribution in [3.05, 3.63) is 23.8 Å². The van der Waals surface area contributed by atoms with Gasteiger partial charge in [-0.15, -0.1) is 0 Å². The largest absolute Gasteiger partial charge is 0.493 e. The van der Waals surface area contributed by atoms with E-state index in [0.717, 1.165) is 50.3 Å². The normalized spacial score (nSPS) is 25.7. The number of benzene rings is 1. The summed E-state index contributed by atoms with van der Waals surface area (Å²) in [7, 11) is 3.38. The Morgan fingerprint density at radius 3 is 2.42 bits per heavy atom. The van der Waals surface area contributed by atoms with Crippen LogP contribution in [-0.4, -0.2) is 58.0 Å². The Hall–Kier alpha value is -1.30. The molecule has 3 rings (SSSR count). The van der Waals surface area contributed by atoms with Gasteiger partial charge in [0.1, 0.15) is 0 Å². The molecule has 5 heteroatoms. The van der Waals surface area contributed by atoms with E-state index in [1.54, 1.807) is 14.2 Å². The minimum Gasteiger partial charge on any atom is -0.493 e. The Bertz CT molecular complexity index is 552. The van der Waals surface area contributed by atoms with E-state index in [0.29, 0.717) is 12.1 Å². The van der Waals surface area contributed by atoms with Gasteiger partial charge < -0.3 is 19.5 Å². The van der Waals surface area contributed by atoms with Crippen molar-refractivity contribution >= 4 is 0 Å². The van der Waals surface area contributed by atoms with Gasteiger partial charge in [-0.25, -0.2) is 0 Å². The Labute approximate surface area is 158 Å². The minimum atomic E-state index is 0.332. The van der Waals surface area contributed by atoms with Crippen molar-refractivity contribution in [1.29, 1.82) is 0 Å². The second kappa shape index (κ2) is 9.58. The average molecular weight is 363 g/mol. The van der Waals surface area contributed by atoms with Crippen molar-refractivity contribution in [2.45, 2.75) is 44.7 Å². The molecule has 0 aromatic heterocycles. The molecule has 1 atom stereocenters. The van der Waals surface area contributed by atoms with Crippen molar-refractivity contribution < 1.29 is 14.2 Å². The predicted molar refractivity (Wildman–Crippen MR) is 104 cm³/mol. The summed E-state index contributed by atoms with van der Waals surface area (Å²) in [5.41, 5.74) is 1.28. The highest BCUT2D eigenvalue weighted by Gasteiger charge is 2.25. The molecule has 1 aromatic carbocycles. The van der Waals surface area contributed by atoms with E-state index in [9.17, 15) is 0 Å². The Morgan fingerprint density at radius 1 is 1.08 bits per heavy atom. The van der Waals surface area contributed by atoms with Crippen molar-refractivity contribution in [1.82, 2.24) is 10.2 Å². The van der Waals surface area contributed by atoms with Crippen LogP contribution < -0.4 is 14.8 Å². The third kappa shape index (κ3) is 4.90. The summed E-state index contributed by atoms with van der Waals surface area (Å²) >= 11 is 0. The van der Waals surface area contributed by atoms with Crippen molar-refractivity contribution in [3.63, 3.8) is 0 Å². The highest BCUT2D eigenvalue weighted by Crippen LogP contribution is 2.32. The van der Waals surface area contributed by atoms with Crippen molar-refractivity contribution in [2.75, 3.05) is 47.1 Å². The molecule has 146 valence electrons. The van der Waals surface area contributed by atoms with Crippen LogP contribution in [0.5, 0.6) is 11.5 Å². The van der Waals surface area contributed by atoms with E-state index in [1.165, 1.54) is 31.2 Å². The SMILES string of the molecule is COc1ccc(C(CNC2CCC(C)CC2)N2CCOCC2)cc1OC. The third-order valence-electron chi connectivity index (χ3n) is 5.89. The molecule has 1 aliphatic carbocycles. The van der Waals surface area contributed by atoms with E-state index in [-0.39, 0.29) is 0 Å². The molecule has 0 amide bonds. The van der Waals surface area contributed by atoms with Gasteiger partial charge >= 0.3 is 0 Å². The first-order valence-corrected chi connectivity index (χ1v) is 9.98. The summed E-state index contributed by atoms with van der Waals surface area (Å²) in [6.45, 7) is 6.91. The van der Waals surface area contributed by atoms with Crippen LogP contribution in [0.2, 0.25) is 0 Å². The molecule has 2 fully saturated rings. The number of ether oxygens (including phenoxy) is 3. The first-order valence-electron chi connectivity index (χ1n) is 9.98.